The van der Waals surface area contributed by atoms with Crippen LogP contribution < -0.4 is 4.74 Å². The minimum atomic E-state index is -2.76. The van der Waals surface area contributed by atoms with Gasteiger partial charge in [-0.25, -0.2) is 13.2 Å². The molecular weight excluding hydrogens is 209 g/mol. The molecule has 0 amide bonds. The zero-order valence-electron chi connectivity index (χ0n) is 7.97. The van der Waals surface area contributed by atoms with Crippen LogP contribution in [0.2, 0.25) is 0 Å². The highest BCUT2D eigenvalue weighted by atomic mass is 19.3. The number of ketones is 1. The molecule has 15 heavy (non-hydrogen) atoms. The Hall–Kier alpha value is -1.52. The third-order valence-corrected chi connectivity index (χ3v) is 1.82. The molecule has 5 heteroatoms. The van der Waals surface area contributed by atoms with Gasteiger partial charge in [-0.2, -0.15) is 0 Å². The first-order valence-corrected chi connectivity index (χ1v) is 4.19. The van der Waals surface area contributed by atoms with Crippen LogP contribution in [0.1, 0.15) is 16.8 Å². The van der Waals surface area contributed by atoms with Crippen molar-refractivity contribution in [2.45, 2.75) is 12.8 Å². The van der Waals surface area contributed by atoms with Gasteiger partial charge in [0.05, 0.1) is 19.1 Å². The molecule has 1 aromatic carbocycles. The largest absolute Gasteiger partial charge is 0.497 e. The lowest BCUT2D eigenvalue weighted by Crippen LogP contribution is -2.07. The van der Waals surface area contributed by atoms with E-state index >= 15 is 0 Å². The fourth-order valence-electron chi connectivity index (χ4n) is 1.10. The molecule has 0 aliphatic rings. The van der Waals surface area contributed by atoms with E-state index in [0.717, 1.165) is 12.1 Å². The van der Waals surface area contributed by atoms with E-state index < -0.39 is 24.4 Å². The monoisotopic (exact) mass is 218 g/mol. The smallest absolute Gasteiger partial charge is 0.245 e. The Kier molecular flexibility index (Phi) is 3.71. The molecule has 82 valence electrons. The quantitative estimate of drug-likeness (QED) is 0.726. The number of alkyl halides is 2. The van der Waals surface area contributed by atoms with Crippen molar-refractivity contribution in [2.24, 2.45) is 0 Å². The topological polar surface area (TPSA) is 26.3 Å². The second-order valence-electron chi connectivity index (χ2n) is 2.86. The summed E-state index contributed by atoms with van der Waals surface area (Å²) in [5.41, 5.74) is -0.337. The van der Waals surface area contributed by atoms with Crippen LogP contribution in [0.4, 0.5) is 13.2 Å². The number of Topliss-reactive ketones (excluding diaryl/α,β-unsaturated/α-hetero) is 1. The molecule has 0 saturated heterocycles. The van der Waals surface area contributed by atoms with Crippen LogP contribution in [0.25, 0.3) is 0 Å². The minimum absolute atomic E-state index is 0.237. The van der Waals surface area contributed by atoms with Crippen LogP contribution in [0, 0.1) is 5.82 Å². The van der Waals surface area contributed by atoms with Crippen LogP contribution in [0.3, 0.4) is 0 Å². The fourth-order valence-corrected chi connectivity index (χ4v) is 1.10. The molecule has 0 N–H and O–H groups in total. The summed E-state index contributed by atoms with van der Waals surface area (Å²) in [6.07, 6.45) is -3.73. The number of rotatable bonds is 4. The van der Waals surface area contributed by atoms with Gasteiger partial charge in [0, 0.05) is 6.07 Å². The van der Waals surface area contributed by atoms with Crippen LogP contribution in [-0.4, -0.2) is 19.3 Å². The highest BCUT2D eigenvalue weighted by Crippen LogP contribution is 2.18. The van der Waals surface area contributed by atoms with Gasteiger partial charge in [-0.1, -0.05) is 0 Å². The maximum Gasteiger partial charge on any atom is 0.245 e. The summed E-state index contributed by atoms with van der Waals surface area (Å²) >= 11 is 0. The molecule has 0 radical (unpaired) electrons. The van der Waals surface area contributed by atoms with E-state index in [-0.39, 0.29) is 11.3 Å². The maximum atomic E-state index is 13.2. The SMILES string of the molecule is COc1ccc(C(=O)CC(F)F)c(F)c1. The van der Waals surface area contributed by atoms with Gasteiger partial charge < -0.3 is 4.74 Å². The molecule has 0 aromatic heterocycles. The van der Waals surface area contributed by atoms with E-state index in [1.165, 1.54) is 13.2 Å². The molecule has 0 atom stereocenters. The van der Waals surface area contributed by atoms with Gasteiger partial charge in [-0.15, -0.1) is 0 Å². The molecule has 0 saturated carbocycles. The van der Waals surface area contributed by atoms with Gasteiger partial charge in [0.25, 0.3) is 0 Å². The third-order valence-electron chi connectivity index (χ3n) is 1.82. The number of halogens is 3. The summed E-state index contributed by atoms with van der Waals surface area (Å²) in [7, 11) is 1.34. The maximum absolute atomic E-state index is 13.2. The Labute approximate surface area is 84.7 Å². The van der Waals surface area contributed by atoms with Crippen LogP contribution >= 0.6 is 0 Å². The molecular formula is C10H9F3O2. The summed E-state index contributed by atoms with van der Waals surface area (Å²) in [4.78, 5) is 11.1. The van der Waals surface area contributed by atoms with Crippen molar-refractivity contribution < 1.29 is 22.7 Å². The number of ether oxygens (including phenoxy) is 1. The first-order chi connectivity index (χ1) is 7.04. The molecule has 0 heterocycles. The summed E-state index contributed by atoms with van der Waals surface area (Å²) < 4.78 is 41.7. The van der Waals surface area contributed by atoms with Crippen LogP contribution in [-0.2, 0) is 0 Å². The molecule has 0 fully saturated rings. The number of hydrogen-bond acceptors (Lipinski definition) is 2. The van der Waals surface area contributed by atoms with Crippen molar-refractivity contribution in [3.63, 3.8) is 0 Å². The van der Waals surface area contributed by atoms with E-state index in [1.54, 1.807) is 0 Å². The van der Waals surface area contributed by atoms with E-state index in [9.17, 15) is 18.0 Å². The molecule has 0 aliphatic carbocycles. The number of carbonyl (C=O) groups excluding carboxylic acids is 1. The summed E-state index contributed by atoms with van der Waals surface area (Å²) in [5.74, 6) is -1.52. The van der Waals surface area contributed by atoms with Crippen LogP contribution in [0.5, 0.6) is 5.75 Å². The Morgan fingerprint density at radius 1 is 1.47 bits per heavy atom. The zero-order valence-corrected chi connectivity index (χ0v) is 7.97. The number of methoxy groups -OCH3 is 1. The normalized spacial score (nSPS) is 10.5. The van der Waals surface area contributed by atoms with Gasteiger partial charge in [0.15, 0.2) is 5.78 Å². The molecule has 0 aliphatic heterocycles. The number of benzene rings is 1. The lowest BCUT2D eigenvalue weighted by molar-refractivity contribution is 0.0826. The van der Waals surface area contributed by atoms with E-state index in [2.05, 4.69) is 0 Å². The first-order valence-electron chi connectivity index (χ1n) is 4.19. The van der Waals surface area contributed by atoms with Crippen molar-refractivity contribution in [3.05, 3.63) is 29.6 Å². The fraction of sp³-hybridized carbons (Fsp3) is 0.300. The lowest BCUT2D eigenvalue weighted by atomic mass is 10.1. The molecule has 2 nitrogen and oxygen atoms in total. The van der Waals surface area contributed by atoms with Gasteiger partial charge in [0.2, 0.25) is 6.43 Å². The zero-order chi connectivity index (χ0) is 11.4. The Morgan fingerprint density at radius 2 is 2.13 bits per heavy atom. The van der Waals surface area contributed by atoms with Crippen LogP contribution in [0.15, 0.2) is 18.2 Å². The van der Waals surface area contributed by atoms with Gasteiger partial charge >= 0.3 is 0 Å². The van der Waals surface area contributed by atoms with Gasteiger partial charge in [-0.3, -0.25) is 4.79 Å². The third kappa shape index (κ3) is 2.97. The average molecular weight is 218 g/mol. The predicted molar refractivity (Wildman–Crippen MR) is 47.9 cm³/mol. The Morgan fingerprint density at radius 3 is 2.60 bits per heavy atom. The van der Waals surface area contributed by atoms with E-state index in [1.807, 2.05) is 0 Å². The molecule has 0 unspecified atom stereocenters. The summed E-state index contributed by atoms with van der Waals surface area (Å²) in [6.45, 7) is 0. The van der Waals surface area contributed by atoms with Crippen molar-refractivity contribution in [1.82, 2.24) is 0 Å². The second-order valence-corrected chi connectivity index (χ2v) is 2.86. The van der Waals surface area contributed by atoms with E-state index in [4.69, 9.17) is 4.74 Å². The highest BCUT2D eigenvalue weighted by molar-refractivity contribution is 5.96. The predicted octanol–water partition coefficient (Wildman–Crippen LogP) is 2.67. The van der Waals surface area contributed by atoms with Crippen molar-refractivity contribution >= 4 is 5.78 Å². The van der Waals surface area contributed by atoms with Crippen molar-refractivity contribution in [3.8, 4) is 5.75 Å². The van der Waals surface area contributed by atoms with Gasteiger partial charge in [0.1, 0.15) is 11.6 Å². The molecule has 1 rings (SSSR count). The number of hydrogen-bond donors (Lipinski definition) is 0. The van der Waals surface area contributed by atoms with E-state index in [0.29, 0.717) is 0 Å². The number of carbonyl (C=O) groups is 1. The summed E-state index contributed by atoms with van der Waals surface area (Å²) in [5, 5.41) is 0. The standard InChI is InChI=1S/C10H9F3O2/c1-15-6-2-3-7(8(11)4-6)9(14)5-10(12)13/h2-4,10H,5H2,1H3. The average Bonchev–Trinajstić information content (AvgIpc) is 2.16. The Bertz CT molecular complexity index is 364. The van der Waals surface area contributed by atoms with Crippen molar-refractivity contribution in [2.75, 3.05) is 7.11 Å². The first kappa shape index (κ1) is 11.6. The molecule has 0 bridgehead atoms. The second kappa shape index (κ2) is 4.82. The highest BCUT2D eigenvalue weighted by Gasteiger charge is 2.16. The minimum Gasteiger partial charge on any atom is -0.497 e. The van der Waals surface area contributed by atoms with Gasteiger partial charge in [-0.05, 0) is 12.1 Å². The summed E-state index contributed by atoms with van der Waals surface area (Å²) in [6, 6.07) is 3.47. The van der Waals surface area contributed by atoms with Crippen molar-refractivity contribution in [1.29, 1.82) is 0 Å². The molecule has 0 spiro atoms. The Balaban J connectivity index is 2.90. The lowest BCUT2D eigenvalue weighted by Gasteiger charge is -2.04. The molecule has 1 aromatic rings.